The van der Waals surface area contributed by atoms with Crippen molar-refractivity contribution in [3.63, 3.8) is 0 Å². The normalized spacial score (nSPS) is 36.2. The fourth-order valence-corrected chi connectivity index (χ4v) is 4.97. The Hall–Kier alpha value is -0.0300. The lowest BCUT2D eigenvalue weighted by atomic mass is 9.65. The summed E-state index contributed by atoms with van der Waals surface area (Å²) < 4.78 is 0. The Morgan fingerprint density at radius 2 is 1.79 bits per heavy atom. The molecule has 3 unspecified atom stereocenters. The first-order chi connectivity index (χ1) is 10.6. The molecule has 3 fully saturated rings. The molecule has 24 heavy (non-hydrogen) atoms. The number of rotatable bonds is 4. The molecule has 0 aromatic heterocycles. The minimum atomic E-state index is 0. The largest absolute Gasteiger partial charge is 0.355 e. The van der Waals surface area contributed by atoms with E-state index in [-0.39, 0.29) is 36.6 Å². The zero-order valence-corrected chi connectivity index (χ0v) is 16.5. The molecule has 6 heteroatoms. The highest BCUT2D eigenvalue weighted by Crippen LogP contribution is 2.41. The average molecular weight is 380 g/mol. The third kappa shape index (κ3) is 5.48. The second-order valence-electron chi connectivity index (χ2n) is 8.04. The van der Waals surface area contributed by atoms with Crippen molar-refractivity contribution in [2.75, 3.05) is 26.2 Å². The summed E-state index contributed by atoms with van der Waals surface area (Å²) >= 11 is 0. The van der Waals surface area contributed by atoms with Crippen LogP contribution in [0.25, 0.3) is 0 Å². The van der Waals surface area contributed by atoms with E-state index in [2.05, 4.69) is 17.1 Å². The Kier molecular flexibility index (Phi) is 9.35. The van der Waals surface area contributed by atoms with Crippen molar-refractivity contribution in [2.45, 2.75) is 57.9 Å². The molecule has 3 atom stereocenters. The molecule has 3 N–H and O–H groups in total. The van der Waals surface area contributed by atoms with Crippen LogP contribution in [0.1, 0.15) is 51.9 Å². The average Bonchev–Trinajstić information content (AvgIpc) is 2.47. The van der Waals surface area contributed by atoms with Gasteiger partial charge in [0.25, 0.3) is 0 Å². The van der Waals surface area contributed by atoms with Crippen molar-refractivity contribution in [1.82, 2.24) is 10.2 Å². The predicted molar refractivity (Wildman–Crippen MR) is 104 cm³/mol. The summed E-state index contributed by atoms with van der Waals surface area (Å²) in [6.07, 6.45) is 8.46. The molecule has 1 amide bonds. The van der Waals surface area contributed by atoms with Gasteiger partial charge in [0.05, 0.1) is 0 Å². The number of fused-ring (bicyclic) bond motifs is 2. The molecule has 0 aromatic rings. The van der Waals surface area contributed by atoms with Gasteiger partial charge >= 0.3 is 0 Å². The monoisotopic (exact) mass is 379 g/mol. The van der Waals surface area contributed by atoms with Crippen LogP contribution < -0.4 is 11.1 Å². The number of nitrogens with one attached hydrogen (secondary N) is 1. The van der Waals surface area contributed by atoms with Crippen LogP contribution in [-0.2, 0) is 4.79 Å². The minimum Gasteiger partial charge on any atom is -0.355 e. The number of likely N-dealkylation sites (tertiary alicyclic amines) is 1. The van der Waals surface area contributed by atoms with Crippen LogP contribution in [0, 0.1) is 23.7 Å². The summed E-state index contributed by atoms with van der Waals surface area (Å²) in [5, 5.41) is 3.20. The van der Waals surface area contributed by atoms with Crippen molar-refractivity contribution in [3.8, 4) is 0 Å². The summed E-state index contributed by atoms with van der Waals surface area (Å²) in [5.41, 5.74) is 6.32. The van der Waals surface area contributed by atoms with Crippen LogP contribution >= 0.6 is 24.8 Å². The smallest absolute Gasteiger partial charge is 0.223 e. The fraction of sp³-hybridized carbons (Fsp3) is 0.944. The number of hydrogen-bond donors (Lipinski definition) is 2. The summed E-state index contributed by atoms with van der Waals surface area (Å²) in [6, 6.07) is 0.354. The highest BCUT2D eigenvalue weighted by atomic mass is 35.5. The summed E-state index contributed by atoms with van der Waals surface area (Å²) in [6.45, 7) is 6.54. The van der Waals surface area contributed by atoms with Crippen molar-refractivity contribution in [1.29, 1.82) is 0 Å². The van der Waals surface area contributed by atoms with E-state index in [4.69, 9.17) is 5.73 Å². The van der Waals surface area contributed by atoms with Gasteiger partial charge in [0, 0.05) is 31.6 Å². The van der Waals surface area contributed by atoms with E-state index in [0.717, 1.165) is 31.8 Å². The van der Waals surface area contributed by atoms with Crippen molar-refractivity contribution in [2.24, 2.45) is 29.4 Å². The second kappa shape index (κ2) is 10.2. The van der Waals surface area contributed by atoms with E-state index >= 15 is 0 Å². The van der Waals surface area contributed by atoms with E-state index in [9.17, 15) is 4.79 Å². The SMILES string of the molecule is CC1CCCN(CCNC(=O)C2CC3CCCC(C2)C3N)C1.Cl.Cl. The lowest BCUT2D eigenvalue weighted by Gasteiger charge is -2.43. The minimum absolute atomic E-state index is 0. The molecule has 2 bridgehead atoms. The first kappa shape index (κ1) is 22.0. The van der Waals surface area contributed by atoms with Gasteiger partial charge in [0.15, 0.2) is 0 Å². The number of nitrogens with two attached hydrogens (primary N) is 1. The van der Waals surface area contributed by atoms with Crippen molar-refractivity contribution in [3.05, 3.63) is 0 Å². The topological polar surface area (TPSA) is 58.4 Å². The number of halogens is 2. The Bertz CT molecular complexity index is 382. The second-order valence-corrected chi connectivity index (χ2v) is 8.04. The molecule has 2 saturated carbocycles. The maximum atomic E-state index is 12.5. The van der Waals surface area contributed by atoms with Gasteiger partial charge in [-0.15, -0.1) is 24.8 Å². The first-order valence-corrected chi connectivity index (χ1v) is 9.39. The third-order valence-electron chi connectivity index (χ3n) is 6.25. The van der Waals surface area contributed by atoms with Gasteiger partial charge in [-0.3, -0.25) is 4.79 Å². The molecule has 1 heterocycles. The van der Waals surface area contributed by atoms with Gasteiger partial charge in [-0.25, -0.2) is 0 Å². The van der Waals surface area contributed by atoms with Gasteiger partial charge in [0.2, 0.25) is 5.91 Å². The van der Waals surface area contributed by atoms with Crippen LogP contribution in [0.15, 0.2) is 0 Å². The first-order valence-electron chi connectivity index (χ1n) is 9.39. The highest BCUT2D eigenvalue weighted by molar-refractivity contribution is 5.85. The Morgan fingerprint density at radius 1 is 1.12 bits per heavy atom. The summed E-state index contributed by atoms with van der Waals surface area (Å²) in [5.74, 6) is 2.49. The lowest BCUT2D eigenvalue weighted by Crippen LogP contribution is -2.49. The maximum Gasteiger partial charge on any atom is 0.223 e. The molecule has 142 valence electrons. The molecule has 3 rings (SSSR count). The van der Waals surface area contributed by atoms with Gasteiger partial charge in [-0.05, 0) is 62.8 Å². The number of amides is 1. The molecular weight excluding hydrogens is 345 g/mol. The lowest BCUT2D eigenvalue weighted by molar-refractivity contribution is -0.127. The molecule has 3 aliphatic rings. The highest BCUT2D eigenvalue weighted by Gasteiger charge is 2.40. The number of hydrogen-bond acceptors (Lipinski definition) is 3. The molecule has 0 radical (unpaired) electrons. The molecular formula is C18H35Cl2N3O. The maximum absolute atomic E-state index is 12.5. The predicted octanol–water partition coefficient (Wildman–Crippen LogP) is 2.83. The summed E-state index contributed by atoms with van der Waals surface area (Å²) in [7, 11) is 0. The van der Waals surface area contributed by atoms with Gasteiger partial charge in [-0.2, -0.15) is 0 Å². The Morgan fingerprint density at radius 3 is 2.42 bits per heavy atom. The molecule has 0 aromatic carbocycles. The van der Waals surface area contributed by atoms with Crippen LogP contribution in [0.3, 0.4) is 0 Å². The zero-order valence-electron chi connectivity index (χ0n) is 14.9. The Labute approximate surface area is 159 Å². The van der Waals surface area contributed by atoms with E-state index in [1.54, 1.807) is 0 Å². The van der Waals surface area contributed by atoms with Crippen LogP contribution in [0.4, 0.5) is 0 Å². The van der Waals surface area contributed by atoms with E-state index in [0.29, 0.717) is 17.9 Å². The van der Waals surface area contributed by atoms with Gasteiger partial charge in [0.1, 0.15) is 0 Å². The molecule has 4 nitrogen and oxygen atoms in total. The molecule has 1 saturated heterocycles. The van der Waals surface area contributed by atoms with Crippen molar-refractivity contribution < 1.29 is 4.79 Å². The van der Waals surface area contributed by atoms with Gasteiger partial charge in [-0.1, -0.05) is 13.3 Å². The molecule has 0 spiro atoms. The fourth-order valence-electron chi connectivity index (χ4n) is 4.97. The quantitative estimate of drug-likeness (QED) is 0.789. The van der Waals surface area contributed by atoms with E-state index < -0.39 is 0 Å². The summed E-state index contributed by atoms with van der Waals surface area (Å²) in [4.78, 5) is 15.0. The Balaban J connectivity index is 0.00000144. The standard InChI is InChI=1S/C18H33N3O.2ClH/c1-13-4-3-8-21(12-13)9-7-20-18(22)16-10-14-5-2-6-15(11-16)17(14)19;;/h13-17H,2-12,19H2,1H3,(H,20,22);2*1H. The van der Waals surface area contributed by atoms with E-state index in [1.165, 1.54) is 45.2 Å². The van der Waals surface area contributed by atoms with Crippen LogP contribution in [0.2, 0.25) is 0 Å². The number of piperidine rings is 1. The number of carbonyl (C=O) groups is 1. The van der Waals surface area contributed by atoms with Gasteiger partial charge < -0.3 is 16.0 Å². The van der Waals surface area contributed by atoms with Crippen LogP contribution in [-0.4, -0.2) is 43.0 Å². The number of carbonyl (C=O) groups excluding carboxylic acids is 1. The molecule has 1 aliphatic heterocycles. The van der Waals surface area contributed by atoms with Crippen molar-refractivity contribution >= 4 is 30.7 Å². The van der Waals surface area contributed by atoms with Crippen LogP contribution in [0.5, 0.6) is 0 Å². The zero-order chi connectivity index (χ0) is 15.5. The third-order valence-corrected chi connectivity index (χ3v) is 6.25. The number of nitrogens with zero attached hydrogens (tertiary/aromatic N) is 1. The van der Waals surface area contributed by atoms with E-state index in [1.807, 2.05) is 0 Å². The molecule has 2 aliphatic carbocycles.